The van der Waals surface area contributed by atoms with E-state index in [1.807, 2.05) is 12.3 Å². The number of carbonyl (C=O) groups excluding carboxylic acids is 2. The first-order valence-electron chi connectivity index (χ1n) is 17.2. The minimum atomic E-state index is -1.38. The molecule has 0 radical (unpaired) electrons. The number of alkyl halides is 1. The molecule has 1 saturated heterocycles. The van der Waals surface area contributed by atoms with Gasteiger partial charge in [0.2, 0.25) is 0 Å². The van der Waals surface area contributed by atoms with Gasteiger partial charge in [0, 0.05) is 48.8 Å². The number of carbonyl (C=O) groups is 2. The van der Waals surface area contributed by atoms with E-state index in [4.69, 9.17) is 24.4 Å². The van der Waals surface area contributed by atoms with Crippen molar-refractivity contribution in [2.75, 3.05) is 33.0 Å². The van der Waals surface area contributed by atoms with Crippen LogP contribution in [-0.4, -0.2) is 114 Å². The Morgan fingerprint density at radius 3 is 2.67 bits per heavy atom. The predicted octanol–water partition coefficient (Wildman–Crippen LogP) is 0.532. The third-order valence-corrected chi connectivity index (χ3v) is 9.26. The molecular weight excluding hydrogens is 629 g/mol. The first-order chi connectivity index (χ1) is 23.1. The molecule has 0 aromatic carbocycles. The number of allylic oxidation sites excluding steroid dienone is 3. The third-order valence-electron chi connectivity index (χ3n) is 9.26. The zero-order chi connectivity index (χ0) is 34.5. The Hall–Kier alpha value is -2.63. The molecule has 4 aliphatic rings. The van der Waals surface area contributed by atoms with Gasteiger partial charge in [-0.3, -0.25) is 10.1 Å². The summed E-state index contributed by atoms with van der Waals surface area (Å²) in [4.78, 5) is 24.4. The molecule has 2 amide bonds. The van der Waals surface area contributed by atoms with Crippen LogP contribution in [-0.2, 0) is 19.0 Å². The molecule has 2 unspecified atom stereocenters. The van der Waals surface area contributed by atoms with Crippen LogP contribution in [0.15, 0.2) is 35.8 Å². The summed E-state index contributed by atoms with van der Waals surface area (Å²) in [7, 11) is 0. The van der Waals surface area contributed by atoms with E-state index < -0.39 is 36.7 Å². The van der Waals surface area contributed by atoms with E-state index in [1.165, 1.54) is 0 Å². The number of hydrogen-bond donors (Lipinski definition) is 9. The zero-order valence-electron chi connectivity index (χ0n) is 27.7. The summed E-state index contributed by atoms with van der Waals surface area (Å²) < 4.78 is 31.5. The van der Waals surface area contributed by atoms with Crippen LogP contribution in [0.5, 0.6) is 0 Å². The van der Waals surface area contributed by atoms with Crippen LogP contribution in [0.1, 0.15) is 64.7 Å². The summed E-state index contributed by atoms with van der Waals surface area (Å²) in [6, 6.07) is -1.24. The Labute approximate surface area is 281 Å². The molecular formula is C33H54FN5O9. The lowest BCUT2D eigenvalue weighted by Crippen LogP contribution is -2.50. The highest BCUT2D eigenvalue weighted by Crippen LogP contribution is 2.28. The van der Waals surface area contributed by atoms with E-state index in [1.54, 1.807) is 6.08 Å². The molecule has 4 rings (SSSR count). The van der Waals surface area contributed by atoms with Gasteiger partial charge < -0.3 is 55.9 Å². The number of aliphatic hydroxyl groups is 4. The van der Waals surface area contributed by atoms with Crippen LogP contribution in [0.3, 0.4) is 0 Å². The number of nitrogens with one attached hydrogen (secondary N) is 5. The highest BCUT2D eigenvalue weighted by Gasteiger charge is 2.38. The van der Waals surface area contributed by atoms with Crippen LogP contribution in [0.25, 0.3) is 0 Å². The normalized spacial score (nSPS) is 30.8. The molecule has 15 heteroatoms. The number of halogens is 1. The lowest BCUT2D eigenvalue weighted by atomic mass is 9.93. The molecule has 14 nitrogen and oxygen atoms in total. The zero-order valence-corrected chi connectivity index (χ0v) is 27.7. The molecule has 1 fully saturated rings. The molecule has 2 aliphatic heterocycles. The van der Waals surface area contributed by atoms with Gasteiger partial charge >= 0.3 is 12.0 Å². The maximum atomic E-state index is 15.1. The highest BCUT2D eigenvalue weighted by atomic mass is 19.1. The van der Waals surface area contributed by atoms with Crippen molar-refractivity contribution in [3.05, 3.63) is 35.8 Å². The molecule has 0 aromatic heterocycles. The number of amides is 2. The van der Waals surface area contributed by atoms with Gasteiger partial charge in [-0.2, -0.15) is 0 Å². The molecule has 0 bridgehead atoms. The Kier molecular flexibility index (Phi) is 15.5. The second-order valence-corrected chi connectivity index (χ2v) is 13.1. The largest absolute Gasteiger partial charge is 0.463 e. The smallest absolute Gasteiger partial charge is 0.323 e. The topological polar surface area (TPSA) is 203 Å². The van der Waals surface area contributed by atoms with Gasteiger partial charge in [-0.15, -0.1) is 0 Å². The van der Waals surface area contributed by atoms with Crippen LogP contribution >= 0.6 is 0 Å². The first kappa shape index (κ1) is 38.2. The summed E-state index contributed by atoms with van der Waals surface area (Å²) in [5, 5.41) is 54.8. The van der Waals surface area contributed by atoms with E-state index in [9.17, 15) is 19.8 Å². The SMILES string of the molecule is C[C@H]1C=C(NC(=O)NC2=CC[C@@H](OC3C=CN[C@H]([C@H]4CC([C@@H](O)N[C@@H](CCC(=O)OCCO)[C@@H](O)OCCO)CN4)C3)C[C@H]2F)CCC1. The highest BCUT2D eigenvalue weighted by molar-refractivity contribution is 5.78. The van der Waals surface area contributed by atoms with E-state index in [-0.39, 0.29) is 81.6 Å². The molecule has 0 saturated carbocycles. The molecule has 272 valence electrons. The Morgan fingerprint density at radius 2 is 1.92 bits per heavy atom. The lowest BCUT2D eigenvalue weighted by Gasteiger charge is -2.34. The summed E-state index contributed by atoms with van der Waals surface area (Å²) in [6.07, 6.45) is 8.02. The molecule has 2 heterocycles. The third kappa shape index (κ3) is 12.1. The average Bonchev–Trinajstić information content (AvgIpc) is 3.57. The number of aliphatic hydroxyl groups excluding tert-OH is 4. The first-order valence-corrected chi connectivity index (χ1v) is 17.2. The van der Waals surface area contributed by atoms with Gasteiger partial charge in [0.25, 0.3) is 0 Å². The fraction of sp³-hybridized carbons (Fsp3) is 0.758. The Bertz CT molecular complexity index is 1130. The minimum Gasteiger partial charge on any atom is -0.463 e. The number of rotatable bonds is 17. The summed E-state index contributed by atoms with van der Waals surface area (Å²) >= 11 is 0. The maximum absolute atomic E-state index is 15.1. The second-order valence-electron chi connectivity index (χ2n) is 13.1. The van der Waals surface area contributed by atoms with Crippen molar-refractivity contribution in [3.8, 4) is 0 Å². The van der Waals surface area contributed by atoms with E-state index in [0.29, 0.717) is 31.7 Å². The number of urea groups is 1. The van der Waals surface area contributed by atoms with Gasteiger partial charge in [0.1, 0.15) is 19.0 Å². The predicted molar refractivity (Wildman–Crippen MR) is 173 cm³/mol. The van der Waals surface area contributed by atoms with Gasteiger partial charge in [-0.25, -0.2) is 9.18 Å². The summed E-state index contributed by atoms with van der Waals surface area (Å²) in [5.41, 5.74) is 1.14. The minimum absolute atomic E-state index is 0.00160. The standard InChI is InChI=1S/C33H54FN5O9/c1-20-3-2-4-22(15-20)37-33(45)39-26-6-5-23(17-25(26)34)48-24-9-10-35-29(18-24)28-16-21(19-36-28)31(43)38-27(32(44)47-14-12-41)7-8-30(42)46-13-11-40/h6,9-10,15,20-21,23-25,27-29,31-32,35-36,38,40-41,43-44H,2-5,7-8,11-14,16-19H2,1H3,(H2,37,39,45)/t20-,21?,23-,24?,25-,27+,28-,29+,31-,32+/m1/s1. The second kappa shape index (κ2) is 19.5. The molecule has 48 heavy (non-hydrogen) atoms. The summed E-state index contributed by atoms with van der Waals surface area (Å²) in [6.45, 7) is 1.78. The van der Waals surface area contributed by atoms with Crippen LogP contribution in [0, 0.1) is 11.8 Å². The van der Waals surface area contributed by atoms with Crippen LogP contribution in [0.2, 0.25) is 0 Å². The van der Waals surface area contributed by atoms with Crippen molar-refractivity contribution in [2.24, 2.45) is 11.8 Å². The lowest BCUT2D eigenvalue weighted by molar-refractivity contribution is -0.149. The number of ether oxygens (including phenoxy) is 3. The number of esters is 1. The monoisotopic (exact) mass is 683 g/mol. The van der Waals surface area contributed by atoms with Gasteiger partial charge in [0.05, 0.1) is 38.1 Å². The van der Waals surface area contributed by atoms with Gasteiger partial charge in [-0.1, -0.05) is 19.1 Å². The van der Waals surface area contributed by atoms with Crippen molar-refractivity contribution in [1.82, 2.24) is 26.6 Å². The Balaban J connectivity index is 1.22. The molecule has 9 N–H and O–H groups in total. The number of hydrogen-bond acceptors (Lipinski definition) is 12. The fourth-order valence-electron chi connectivity index (χ4n) is 6.73. The average molecular weight is 684 g/mol. The Morgan fingerprint density at radius 1 is 1.10 bits per heavy atom. The van der Waals surface area contributed by atoms with E-state index in [2.05, 4.69) is 39.6 Å². The van der Waals surface area contributed by atoms with Crippen molar-refractivity contribution < 1.29 is 48.6 Å². The van der Waals surface area contributed by atoms with Gasteiger partial charge in [-0.05, 0) is 63.1 Å². The van der Waals surface area contributed by atoms with Crippen molar-refractivity contribution >= 4 is 12.0 Å². The van der Waals surface area contributed by atoms with Crippen LogP contribution in [0.4, 0.5) is 9.18 Å². The van der Waals surface area contributed by atoms with Crippen molar-refractivity contribution in [3.63, 3.8) is 0 Å². The molecule has 0 spiro atoms. The molecule has 10 atom stereocenters. The molecule has 0 aromatic rings. The quantitative estimate of drug-likeness (QED) is 0.0762. The maximum Gasteiger partial charge on any atom is 0.323 e. The molecule has 2 aliphatic carbocycles. The fourth-order valence-corrected chi connectivity index (χ4v) is 6.73. The van der Waals surface area contributed by atoms with Crippen molar-refractivity contribution in [1.29, 1.82) is 0 Å². The van der Waals surface area contributed by atoms with E-state index in [0.717, 1.165) is 25.0 Å². The van der Waals surface area contributed by atoms with Crippen molar-refractivity contribution in [2.45, 2.75) is 114 Å². The van der Waals surface area contributed by atoms with Crippen LogP contribution < -0.4 is 26.6 Å². The summed E-state index contributed by atoms with van der Waals surface area (Å²) in [5.74, 6) is -0.352. The van der Waals surface area contributed by atoms with Gasteiger partial charge in [0.15, 0.2) is 6.29 Å². The van der Waals surface area contributed by atoms with E-state index >= 15 is 4.39 Å².